The van der Waals surface area contributed by atoms with Crippen LogP contribution in [0.1, 0.15) is 51.9 Å². The summed E-state index contributed by atoms with van der Waals surface area (Å²) >= 11 is 0. The van der Waals surface area contributed by atoms with Crippen LogP contribution in [0, 0.1) is 0 Å². The third kappa shape index (κ3) is 2.48. The van der Waals surface area contributed by atoms with E-state index in [4.69, 9.17) is 0 Å². The molecule has 2 fully saturated rings. The van der Waals surface area contributed by atoms with Gasteiger partial charge in [0.1, 0.15) is 0 Å². The SMILES string of the molecule is CC1(O)CCCN(C2CCCC2)CC1. The maximum absolute atomic E-state index is 9.99. The number of hydrogen-bond acceptors (Lipinski definition) is 2. The number of hydrogen-bond donors (Lipinski definition) is 1. The third-order valence-corrected chi connectivity index (χ3v) is 3.94. The second-order valence-corrected chi connectivity index (χ2v) is 5.32. The lowest BCUT2D eigenvalue weighted by molar-refractivity contribution is 0.0431. The Balaban J connectivity index is 1.88. The minimum Gasteiger partial charge on any atom is -0.390 e. The van der Waals surface area contributed by atoms with Crippen LogP contribution in [0.5, 0.6) is 0 Å². The smallest absolute Gasteiger partial charge is 0.0632 e. The van der Waals surface area contributed by atoms with E-state index in [0.29, 0.717) is 0 Å². The summed E-state index contributed by atoms with van der Waals surface area (Å²) < 4.78 is 0. The molecule has 2 heteroatoms. The largest absolute Gasteiger partial charge is 0.390 e. The van der Waals surface area contributed by atoms with Crippen LogP contribution < -0.4 is 0 Å². The lowest BCUT2D eigenvalue weighted by Crippen LogP contribution is -2.35. The van der Waals surface area contributed by atoms with Crippen LogP contribution in [0.25, 0.3) is 0 Å². The molecule has 1 heterocycles. The Kier molecular flexibility index (Phi) is 3.13. The molecule has 2 nitrogen and oxygen atoms in total. The molecule has 2 aliphatic rings. The summed E-state index contributed by atoms with van der Waals surface area (Å²) in [6.45, 7) is 4.31. The van der Waals surface area contributed by atoms with Crippen LogP contribution in [0.2, 0.25) is 0 Å². The van der Waals surface area contributed by atoms with Crippen molar-refractivity contribution in [2.45, 2.75) is 63.5 Å². The van der Waals surface area contributed by atoms with Gasteiger partial charge in [-0.3, -0.25) is 0 Å². The fourth-order valence-corrected chi connectivity index (χ4v) is 2.92. The maximum Gasteiger partial charge on any atom is 0.0632 e. The summed E-state index contributed by atoms with van der Waals surface area (Å²) in [4.78, 5) is 2.62. The molecule has 0 aromatic heterocycles. The first-order valence-electron chi connectivity index (χ1n) is 6.14. The van der Waals surface area contributed by atoms with Crippen LogP contribution in [0.3, 0.4) is 0 Å². The zero-order chi connectivity index (χ0) is 10.0. The molecule has 1 saturated carbocycles. The van der Waals surface area contributed by atoms with Gasteiger partial charge in [-0.25, -0.2) is 0 Å². The van der Waals surface area contributed by atoms with Crippen molar-refractivity contribution >= 4 is 0 Å². The highest BCUT2D eigenvalue weighted by Crippen LogP contribution is 2.28. The highest BCUT2D eigenvalue weighted by molar-refractivity contribution is 4.84. The standard InChI is InChI=1S/C12H23NO/c1-12(14)7-4-9-13(10-8-12)11-5-2-3-6-11/h11,14H,2-10H2,1H3. The van der Waals surface area contributed by atoms with Gasteiger partial charge < -0.3 is 10.0 Å². The Bertz CT molecular complexity index is 185. The molecule has 0 bridgehead atoms. The minimum absolute atomic E-state index is 0.395. The summed E-state index contributed by atoms with van der Waals surface area (Å²) in [6, 6.07) is 0.837. The molecule has 0 radical (unpaired) electrons. The third-order valence-electron chi connectivity index (χ3n) is 3.94. The van der Waals surface area contributed by atoms with Crippen molar-refractivity contribution in [2.75, 3.05) is 13.1 Å². The summed E-state index contributed by atoms with van der Waals surface area (Å²) in [5, 5.41) is 9.99. The lowest BCUT2D eigenvalue weighted by Gasteiger charge is -2.27. The van der Waals surface area contributed by atoms with Crippen LogP contribution in [-0.4, -0.2) is 34.7 Å². The topological polar surface area (TPSA) is 23.5 Å². The fourth-order valence-electron chi connectivity index (χ4n) is 2.92. The van der Waals surface area contributed by atoms with Gasteiger partial charge in [0.2, 0.25) is 0 Å². The maximum atomic E-state index is 9.99. The molecule has 82 valence electrons. The molecule has 0 spiro atoms. The molecular formula is C12H23NO. The van der Waals surface area contributed by atoms with Crippen molar-refractivity contribution in [2.24, 2.45) is 0 Å². The first kappa shape index (κ1) is 10.4. The molecule has 0 aromatic rings. The minimum atomic E-state index is -0.395. The molecule has 0 aromatic carbocycles. The van der Waals surface area contributed by atoms with Gasteiger partial charge in [-0.2, -0.15) is 0 Å². The second kappa shape index (κ2) is 4.19. The predicted octanol–water partition coefficient (Wildman–Crippen LogP) is 2.17. The van der Waals surface area contributed by atoms with Gasteiger partial charge in [0.05, 0.1) is 5.60 Å². The van der Waals surface area contributed by atoms with E-state index in [2.05, 4.69) is 4.90 Å². The van der Waals surface area contributed by atoms with E-state index in [1.807, 2.05) is 6.92 Å². The van der Waals surface area contributed by atoms with E-state index in [9.17, 15) is 5.11 Å². The van der Waals surface area contributed by atoms with Gasteiger partial charge in [0.25, 0.3) is 0 Å². The summed E-state index contributed by atoms with van der Waals surface area (Å²) in [5.41, 5.74) is -0.395. The zero-order valence-corrected chi connectivity index (χ0v) is 9.34. The Morgan fingerprint density at radius 1 is 1.07 bits per heavy atom. The molecule has 1 saturated heterocycles. The highest BCUT2D eigenvalue weighted by Gasteiger charge is 2.29. The quantitative estimate of drug-likeness (QED) is 0.696. The van der Waals surface area contributed by atoms with Crippen LogP contribution in [-0.2, 0) is 0 Å². The van der Waals surface area contributed by atoms with Crippen LogP contribution >= 0.6 is 0 Å². The van der Waals surface area contributed by atoms with Gasteiger partial charge in [-0.15, -0.1) is 0 Å². The Labute approximate surface area is 87.3 Å². The van der Waals surface area contributed by atoms with Gasteiger partial charge in [0, 0.05) is 12.6 Å². The number of nitrogens with zero attached hydrogens (tertiary/aromatic N) is 1. The van der Waals surface area contributed by atoms with E-state index >= 15 is 0 Å². The molecule has 1 N–H and O–H groups in total. The fraction of sp³-hybridized carbons (Fsp3) is 1.00. The van der Waals surface area contributed by atoms with E-state index in [0.717, 1.165) is 25.4 Å². The molecule has 1 aliphatic heterocycles. The molecule has 0 amide bonds. The molecule has 2 rings (SSSR count). The van der Waals surface area contributed by atoms with Crippen molar-refractivity contribution in [3.63, 3.8) is 0 Å². The van der Waals surface area contributed by atoms with Crippen molar-refractivity contribution in [1.82, 2.24) is 4.90 Å². The summed E-state index contributed by atoms with van der Waals surface area (Å²) in [5.74, 6) is 0. The van der Waals surface area contributed by atoms with E-state index < -0.39 is 5.60 Å². The summed E-state index contributed by atoms with van der Waals surface area (Å²) in [7, 11) is 0. The van der Waals surface area contributed by atoms with Crippen molar-refractivity contribution in [3.8, 4) is 0 Å². The summed E-state index contributed by atoms with van der Waals surface area (Å²) in [6.07, 6.45) is 8.72. The highest BCUT2D eigenvalue weighted by atomic mass is 16.3. The molecule has 14 heavy (non-hydrogen) atoms. The Morgan fingerprint density at radius 3 is 2.50 bits per heavy atom. The first-order valence-corrected chi connectivity index (χ1v) is 6.14. The molecule has 1 unspecified atom stereocenters. The van der Waals surface area contributed by atoms with Crippen LogP contribution in [0.15, 0.2) is 0 Å². The molecule has 1 aliphatic carbocycles. The van der Waals surface area contributed by atoms with E-state index in [1.165, 1.54) is 38.6 Å². The predicted molar refractivity (Wildman–Crippen MR) is 58.3 cm³/mol. The second-order valence-electron chi connectivity index (χ2n) is 5.32. The van der Waals surface area contributed by atoms with Crippen LogP contribution in [0.4, 0.5) is 0 Å². The molecule has 1 atom stereocenters. The van der Waals surface area contributed by atoms with Gasteiger partial charge >= 0.3 is 0 Å². The average Bonchev–Trinajstić information content (AvgIpc) is 2.58. The number of rotatable bonds is 1. The first-order chi connectivity index (χ1) is 6.67. The normalized spacial score (nSPS) is 37.3. The van der Waals surface area contributed by atoms with Crippen molar-refractivity contribution in [3.05, 3.63) is 0 Å². The van der Waals surface area contributed by atoms with Gasteiger partial charge in [0.15, 0.2) is 0 Å². The number of aliphatic hydroxyl groups is 1. The Morgan fingerprint density at radius 2 is 1.79 bits per heavy atom. The van der Waals surface area contributed by atoms with E-state index in [-0.39, 0.29) is 0 Å². The monoisotopic (exact) mass is 197 g/mol. The van der Waals surface area contributed by atoms with Crippen molar-refractivity contribution in [1.29, 1.82) is 0 Å². The Hall–Kier alpha value is -0.0800. The van der Waals surface area contributed by atoms with Gasteiger partial charge in [-0.05, 0) is 45.6 Å². The lowest BCUT2D eigenvalue weighted by atomic mass is 9.98. The van der Waals surface area contributed by atoms with Gasteiger partial charge in [-0.1, -0.05) is 12.8 Å². The van der Waals surface area contributed by atoms with Crippen molar-refractivity contribution < 1.29 is 5.11 Å². The zero-order valence-electron chi connectivity index (χ0n) is 9.34. The average molecular weight is 197 g/mol. The number of likely N-dealkylation sites (tertiary alicyclic amines) is 1. The van der Waals surface area contributed by atoms with E-state index in [1.54, 1.807) is 0 Å². The molecular weight excluding hydrogens is 174 g/mol.